The van der Waals surface area contributed by atoms with E-state index < -0.39 is 0 Å². The number of ether oxygens (including phenoxy) is 3. The highest BCUT2D eigenvalue weighted by Crippen LogP contribution is 2.32. The predicted octanol–water partition coefficient (Wildman–Crippen LogP) is 1.88. The molecule has 1 aromatic carbocycles. The summed E-state index contributed by atoms with van der Waals surface area (Å²) in [6, 6.07) is 9.20. The Morgan fingerprint density at radius 3 is 3.00 bits per heavy atom. The second-order valence-electron chi connectivity index (χ2n) is 6.33. The summed E-state index contributed by atoms with van der Waals surface area (Å²) in [6.45, 7) is 3.73. The van der Waals surface area contributed by atoms with E-state index in [1.54, 1.807) is 11.0 Å². The predicted molar refractivity (Wildman–Crippen MR) is 92.2 cm³/mol. The number of carbonyl (C=O) groups is 1. The van der Waals surface area contributed by atoms with Crippen molar-refractivity contribution in [3.63, 3.8) is 0 Å². The molecular weight excluding hydrogens is 336 g/mol. The third-order valence-corrected chi connectivity index (χ3v) is 4.37. The highest BCUT2D eigenvalue weighted by atomic mass is 16.7. The van der Waals surface area contributed by atoms with Gasteiger partial charge in [-0.3, -0.25) is 0 Å². The Morgan fingerprint density at radius 1 is 1.27 bits per heavy atom. The molecule has 2 aliphatic heterocycles. The molecule has 1 fully saturated rings. The molecule has 2 aliphatic rings. The first-order valence-electron chi connectivity index (χ1n) is 8.56. The van der Waals surface area contributed by atoms with Crippen LogP contribution in [0.3, 0.4) is 0 Å². The van der Waals surface area contributed by atoms with Gasteiger partial charge in [0, 0.05) is 25.6 Å². The Bertz CT molecular complexity index is 796. The van der Waals surface area contributed by atoms with Crippen molar-refractivity contribution in [3.05, 3.63) is 41.6 Å². The van der Waals surface area contributed by atoms with Crippen molar-refractivity contribution in [1.82, 2.24) is 20.4 Å². The Balaban J connectivity index is 1.27. The zero-order valence-corrected chi connectivity index (χ0v) is 14.5. The van der Waals surface area contributed by atoms with Gasteiger partial charge in [-0.05, 0) is 30.7 Å². The van der Waals surface area contributed by atoms with Crippen LogP contribution in [0, 0.1) is 6.92 Å². The topological polar surface area (TPSA) is 85.8 Å². The van der Waals surface area contributed by atoms with Crippen molar-refractivity contribution in [2.45, 2.75) is 26.0 Å². The van der Waals surface area contributed by atoms with Gasteiger partial charge >= 0.3 is 6.03 Å². The first-order chi connectivity index (χ1) is 12.7. The van der Waals surface area contributed by atoms with Crippen molar-refractivity contribution in [3.8, 4) is 17.4 Å². The molecule has 1 saturated heterocycles. The number of nitrogens with one attached hydrogen (secondary N) is 1. The van der Waals surface area contributed by atoms with Crippen LogP contribution in [-0.2, 0) is 6.54 Å². The molecule has 0 spiro atoms. The quantitative estimate of drug-likeness (QED) is 0.900. The van der Waals surface area contributed by atoms with E-state index in [4.69, 9.17) is 14.2 Å². The maximum absolute atomic E-state index is 12.4. The standard InChI is InChI=1S/C18H20N4O4/c1-12-2-5-17(21-20-12)26-14-6-7-22(10-14)18(23)19-9-13-3-4-15-16(8-13)25-11-24-15/h2-5,8,14H,6-7,9-11H2,1H3,(H,19,23)/t14-/m1/s1. The molecule has 0 unspecified atom stereocenters. The lowest BCUT2D eigenvalue weighted by Crippen LogP contribution is -2.39. The lowest BCUT2D eigenvalue weighted by molar-refractivity contribution is 0.174. The maximum atomic E-state index is 12.4. The minimum absolute atomic E-state index is 0.0664. The molecule has 8 heteroatoms. The maximum Gasteiger partial charge on any atom is 0.317 e. The molecule has 136 valence electrons. The van der Waals surface area contributed by atoms with E-state index in [-0.39, 0.29) is 18.9 Å². The molecule has 4 rings (SSSR count). The van der Waals surface area contributed by atoms with Crippen molar-refractivity contribution >= 4 is 6.03 Å². The van der Waals surface area contributed by atoms with E-state index in [1.165, 1.54) is 0 Å². The zero-order valence-electron chi connectivity index (χ0n) is 14.5. The second kappa shape index (κ2) is 7.07. The number of carbonyl (C=O) groups excluding carboxylic acids is 1. The monoisotopic (exact) mass is 356 g/mol. The van der Waals surface area contributed by atoms with Gasteiger partial charge in [0.05, 0.1) is 12.2 Å². The van der Waals surface area contributed by atoms with Crippen LogP contribution in [0.15, 0.2) is 30.3 Å². The van der Waals surface area contributed by atoms with Gasteiger partial charge in [-0.2, -0.15) is 5.10 Å². The summed E-state index contributed by atoms with van der Waals surface area (Å²) in [6.07, 6.45) is 0.704. The number of likely N-dealkylation sites (tertiary alicyclic amines) is 1. The largest absolute Gasteiger partial charge is 0.471 e. The number of hydrogen-bond donors (Lipinski definition) is 1. The Kier molecular flexibility index (Phi) is 4.47. The number of hydrogen-bond acceptors (Lipinski definition) is 6. The van der Waals surface area contributed by atoms with Gasteiger partial charge in [0.15, 0.2) is 11.5 Å². The molecule has 0 bridgehead atoms. The minimum Gasteiger partial charge on any atom is -0.471 e. The average Bonchev–Trinajstić information content (AvgIpc) is 3.30. The second-order valence-corrected chi connectivity index (χ2v) is 6.33. The first kappa shape index (κ1) is 16.4. The Labute approximate surface area is 151 Å². The number of aryl methyl sites for hydroxylation is 1. The van der Waals surface area contributed by atoms with Crippen LogP contribution in [0.1, 0.15) is 17.7 Å². The Hall–Kier alpha value is -3.03. The number of aromatic nitrogens is 2. The Morgan fingerprint density at radius 2 is 2.15 bits per heavy atom. The first-order valence-corrected chi connectivity index (χ1v) is 8.56. The summed E-state index contributed by atoms with van der Waals surface area (Å²) in [7, 11) is 0. The lowest BCUT2D eigenvalue weighted by atomic mass is 10.2. The van der Waals surface area contributed by atoms with Crippen LogP contribution < -0.4 is 19.5 Å². The van der Waals surface area contributed by atoms with E-state index in [1.807, 2.05) is 31.2 Å². The van der Waals surface area contributed by atoms with Gasteiger partial charge in [0.25, 0.3) is 0 Å². The molecule has 3 heterocycles. The number of fused-ring (bicyclic) bond motifs is 1. The fourth-order valence-electron chi connectivity index (χ4n) is 2.97. The van der Waals surface area contributed by atoms with E-state index in [0.717, 1.165) is 23.4 Å². The number of rotatable bonds is 4. The van der Waals surface area contributed by atoms with Gasteiger partial charge in [0.2, 0.25) is 12.7 Å². The summed E-state index contributed by atoms with van der Waals surface area (Å²) in [5.74, 6) is 1.94. The van der Waals surface area contributed by atoms with Crippen molar-refractivity contribution in [2.75, 3.05) is 19.9 Å². The summed E-state index contributed by atoms with van der Waals surface area (Å²) < 4.78 is 16.4. The third kappa shape index (κ3) is 3.63. The highest BCUT2D eigenvalue weighted by molar-refractivity contribution is 5.74. The smallest absolute Gasteiger partial charge is 0.317 e. The van der Waals surface area contributed by atoms with Crippen LogP contribution in [-0.4, -0.2) is 47.1 Å². The fraction of sp³-hybridized carbons (Fsp3) is 0.389. The van der Waals surface area contributed by atoms with Crippen LogP contribution in [0.25, 0.3) is 0 Å². The molecule has 0 radical (unpaired) electrons. The van der Waals surface area contributed by atoms with E-state index in [2.05, 4.69) is 15.5 Å². The highest BCUT2D eigenvalue weighted by Gasteiger charge is 2.28. The summed E-state index contributed by atoms with van der Waals surface area (Å²) in [4.78, 5) is 14.1. The van der Waals surface area contributed by atoms with Crippen LogP contribution in [0.2, 0.25) is 0 Å². The molecule has 8 nitrogen and oxygen atoms in total. The third-order valence-electron chi connectivity index (χ3n) is 4.37. The zero-order chi connectivity index (χ0) is 17.9. The number of benzene rings is 1. The molecular formula is C18H20N4O4. The molecule has 0 saturated carbocycles. The molecule has 2 amide bonds. The van der Waals surface area contributed by atoms with Gasteiger partial charge in [-0.15, -0.1) is 5.10 Å². The van der Waals surface area contributed by atoms with Crippen LogP contribution >= 0.6 is 0 Å². The molecule has 26 heavy (non-hydrogen) atoms. The molecule has 2 aromatic rings. The van der Waals surface area contributed by atoms with Crippen molar-refractivity contribution in [1.29, 1.82) is 0 Å². The van der Waals surface area contributed by atoms with Gasteiger partial charge in [0.1, 0.15) is 6.10 Å². The number of amides is 2. The van der Waals surface area contributed by atoms with Crippen molar-refractivity contribution < 1.29 is 19.0 Å². The summed E-state index contributed by atoms with van der Waals surface area (Å²) in [5, 5.41) is 10.9. The SMILES string of the molecule is Cc1ccc(O[C@@H]2CCN(C(=O)NCc3ccc4c(c3)OCO4)C2)nn1. The van der Waals surface area contributed by atoms with Gasteiger partial charge in [-0.25, -0.2) is 4.79 Å². The molecule has 1 atom stereocenters. The fourth-order valence-corrected chi connectivity index (χ4v) is 2.97. The van der Waals surface area contributed by atoms with E-state index in [0.29, 0.717) is 31.3 Å². The van der Waals surface area contributed by atoms with E-state index >= 15 is 0 Å². The lowest BCUT2D eigenvalue weighted by Gasteiger charge is -2.17. The summed E-state index contributed by atoms with van der Waals surface area (Å²) >= 11 is 0. The normalized spacial score (nSPS) is 18.0. The average molecular weight is 356 g/mol. The van der Waals surface area contributed by atoms with Crippen LogP contribution in [0.4, 0.5) is 4.79 Å². The minimum atomic E-state index is -0.108. The number of nitrogens with zero attached hydrogens (tertiary/aromatic N) is 3. The van der Waals surface area contributed by atoms with Crippen LogP contribution in [0.5, 0.6) is 17.4 Å². The van der Waals surface area contributed by atoms with E-state index in [9.17, 15) is 4.79 Å². The molecule has 0 aliphatic carbocycles. The molecule has 1 N–H and O–H groups in total. The molecule has 1 aromatic heterocycles. The number of urea groups is 1. The van der Waals surface area contributed by atoms with Crippen molar-refractivity contribution in [2.24, 2.45) is 0 Å². The van der Waals surface area contributed by atoms with Gasteiger partial charge < -0.3 is 24.4 Å². The summed E-state index contributed by atoms with van der Waals surface area (Å²) in [5.41, 5.74) is 1.80. The van der Waals surface area contributed by atoms with Gasteiger partial charge in [-0.1, -0.05) is 6.07 Å².